The van der Waals surface area contributed by atoms with Crippen LogP contribution in [0.2, 0.25) is 0 Å². The van der Waals surface area contributed by atoms with Crippen LogP contribution in [-0.2, 0) is 22.7 Å². The fourth-order valence-electron chi connectivity index (χ4n) is 4.19. The van der Waals surface area contributed by atoms with Gasteiger partial charge in [0.25, 0.3) is 11.5 Å². The predicted molar refractivity (Wildman–Crippen MR) is 140 cm³/mol. The van der Waals surface area contributed by atoms with Crippen LogP contribution in [0.3, 0.4) is 0 Å². The molecule has 3 amide bonds. The highest BCUT2D eigenvalue weighted by Gasteiger charge is 2.22. The molecule has 0 saturated heterocycles. The summed E-state index contributed by atoms with van der Waals surface area (Å²) in [7, 11) is 3.24. The Labute approximate surface area is 212 Å². The molecule has 1 N–H and O–H groups in total. The summed E-state index contributed by atoms with van der Waals surface area (Å²) in [5.41, 5.74) is 1.98. The van der Waals surface area contributed by atoms with Gasteiger partial charge in [-0.1, -0.05) is 32.0 Å². The number of anilines is 1. The predicted octanol–water partition coefficient (Wildman–Crippen LogP) is 1.95. The molecule has 3 rings (SSSR count). The molecule has 1 aromatic heterocycles. The number of pyridine rings is 1. The summed E-state index contributed by atoms with van der Waals surface area (Å²) in [6.45, 7) is 6.55. The topological polar surface area (TPSA) is 95.0 Å². The van der Waals surface area contributed by atoms with Gasteiger partial charge in [0.05, 0.1) is 5.56 Å². The van der Waals surface area contributed by atoms with E-state index >= 15 is 0 Å². The van der Waals surface area contributed by atoms with Crippen molar-refractivity contribution in [2.75, 3.05) is 45.2 Å². The number of carbonyl (C=O) groups is 3. The lowest BCUT2D eigenvalue weighted by Gasteiger charge is -2.27. The standard InChI is InChI=1S/C27H37N5O4/c1-20(2)16-25(34)32-14-7-13-30(15-12-28-17-21-8-5-6-9-23(21)32)27(36)22-10-11-24(33)31(18-22)19-26(35)29(3)4/h5-6,8-11,18,20,28H,7,12-17,19H2,1-4H3. The third-order valence-electron chi connectivity index (χ3n) is 6.17. The third kappa shape index (κ3) is 7.04. The number of fused-ring (bicyclic) bond motifs is 1. The van der Waals surface area contributed by atoms with E-state index in [0.717, 1.165) is 11.3 Å². The van der Waals surface area contributed by atoms with Gasteiger partial charge in [0.2, 0.25) is 11.8 Å². The number of likely N-dealkylation sites (N-methyl/N-ethyl adjacent to an activating group) is 1. The van der Waals surface area contributed by atoms with E-state index in [2.05, 4.69) is 5.32 Å². The van der Waals surface area contributed by atoms with Gasteiger partial charge < -0.3 is 24.6 Å². The molecule has 9 nitrogen and oxygen atoms in total. The van der Waals surface area contributed by atoms with Crippen molar-refractivity contribution in [3.8, 4) is 0 Å². The number of nitrogens with zero attached hydrogens (tertiary/aromatic N) is 4. The first-order valence-corrected chi connectivity index (χ1v) is 12.5. The highest BCUT2D eigenvalue weighted by atomic mass is 16.2. The van der Waals surface area contributed by atoms with Crippen LogP contribution in [0.15, 0.2) is 47.4 Å². The van der Waals surface area contributed by atoms with Gasteiger partial charge in [-0.25, -0.2) is 0 Å². The first-order valence-electron chi connectivity index (χ1n) is 12.5. The molecule has 1 aromatic carbocycles. The van der Waals surface area contributed by atoms with E-state index in [4.69, 9.17) is 0 Å². The van der Waals surface area contributed by atoms with Crippen LogP contribution in [0.25, 0.3) is 0 Å². The molecule has 0 bridgehead atoms. The molecule has 0 fully saturated rings. The van der Waals surface area contributed by atoms with Crippen LogP contribution < -0.4 is 15.8 Å². The fraction of sp³-hybridized carbons (Fsp3) is 0.481. The summed E-state index contributed by atoms with van der Waals surface area (Å²) in [4.78, 5) is 55.9. The van der Waals surface area contributed by atoms with Crippen LogP contribution in [-0.4, -0.2) is 72.4 Å². The average molecular weight is 496 g/mol. The number of benzene rings is 1. The van der Waals surface area contributed by atoms with Gasteiger partial charge in [-0.05, 0) is 30.0 Å². The van der Waals surface area contributed by atoms with Crippen molar-refractivity contribution in [2.45, 2.75) is 39.8 Å². The number of para-hydroxylation sites is 1. The second-order valence-electron chi connectivity index (χ2n) is 9.77. The SMILES string of the molecule is CC(C)CC(=O)N1CCCN(C(=O)c2ccc(=O)n(CC(=O)N(C)C)c2)CCNCc2ccccc21. The molecule has 36 heavy (non-hydrogen) atoms. The fourth-order valence-corrected chi connectivity index (χ4v) is 4.19. The minimum atomic E-state index is -0.335. The van der Waals surface area contributed by atoms with E-state index < -0.39 is 0 Å². The van der Waals surface area contributed by atoms with E-state index in [1.165, 1.54) is 27.8 Å². The van der Waals surface area contributed by atoms with Gasteiger partial charge in [-0.2, -0.15) is 0 Å². The lowest BCUT2D eigenvalue weighted by molar-refractivity contribution is -0.129. The summed E-state index contributed by atoms with van der Waals surface area (Å²) >= 11 is 0. The Morgan fingerprint density at radius 2 is 1.78 bits per heavy atom. The lowest BCUT2D eigenvalue weighted by Crippen LogP contribution is -2.39. The number of aromatic nitrogens is 1. The van der Waals surface area contributed by atoms with E-state index in [1.54, 1.807) is 19.0 Å². The number of amides is 3. The zero-order valence-corrected chi connectivity index (χ0v) is 21.7. The van der Waals surface area contributed by atoms with Gasteiger partial charge >= 0.3 is 0 Å². The zero-order chi connectivity index (χ0) is 26.2. The van der Waals surface area contributed by atoms with Crippen molar-refractivity contribution < 1.29 is 14.4 Å². The second kappa shape index (κ2) is 12.5. The Morgan fingerprint density at radius 3 is 2.50 bits per heavy atom. The molecule has 0 aliphatic carbocycles. The number of rotatable bonds is 5. The van der Waals surface area contributed by atoms with Crippen molar-refractivity contribution in [3.05, 3.63) is 64.1 Å². The minimum Gasteiger partial charge on any atom is -0.347 e. The van der Waals surface area contributed by atoms with Crippen molar-refractivity contribution >= 4 is 23.4 Å². The summed E-state index contributed by atoms with van der Waals surface area (Å²) in [5, 5.41) is 3.40. The molecule has 0 spiro atoms. The highest BCUT2D eigenvalue weighted by Crippen LogP contribution is 2.23. The Balaban J connectivity index is 1.81. The first kappa shape index (κ1) is 27.1. The zero-order valence-electron chi connectivity index (χ0n) is 21.7. The van der Waals surface area contributed by atoms with E-state index in [9.17, 15) is 19.2 Å². The normalized spacial score (nSPS) is 14.7. The van der Waals surface area contributed by atoms with Crippen molar-refractivity contribution in [2.24, 2.45) is 5.92 Å². The minimum absolute atomic E-state index is 0.0761. The van der Waals surface area contributed by atoms with Crippen LogP contribution in [0.5, 0.6) is 0 Å². The summed E-state index contributed by atoms with van der Waals surface area (Å²) in [6, 6.07) is 10.8. The van der Waals surface area contributed by atoms with Crippen LogP contribution in [0.1, 0.15) is 42.6 Å². The van der Waals surface area contributed by atoms with Crippen molar-refractivity contribution in [3.63, 3.8) is 0 Å². The monoisotopic (exact) mass is 495 g/mol. The van der Waals surface area contributed by atoms with Crippen molar-refractivity contribution in [1.29, 1.82) is 0 Å². The Hall–Kier alpha value is -3.46. The summed E-state index contributed by atoms with van der Waals surface area (Å²) < 4.78 is 1.27. The first-order chi connectivity index (χ1) is 17.2. The van der Waals surface area contributed by atoms with Gasteiger partial charge in [0, 0.05) is 71.2 Å². The highest BCUT2D eigenvalue weighted by molar-refractivity contribution is 5.95. The molecule has 0 radical (unpaired) electrons. The van der Waals surface area contributed by atoms with E-state index in [1.807, 2.05) is 43.0 Å². The molecule has 2 aromatic rings. The molecule has 0 atom stereocenters. The Morgan fingerprint density at radius 1 is 1.03 bits per heavy atom. The molecule has 0 saturated carbocycles. The van der Waals surface area contributed by atoms with E-state index in [0.29, 0.717) is 51.1 Å². The molecular formula is C27H37N5O4. The van der Waals surface area contributed by atoms with Gasteiger partial charge in [-0.3, -0.25) is 19.2 Å². The molecule has 1 aliphatic heterocycles. The van der Waals surface area contributed by atoms with Crippen molar-refractivity contribution in [1.82, 2.24) is 19.7 Å². The summed E-state index contributed by atoms with van der Waals surface area (Å²) in [6.07, 6.45) is 2.53. The number of carbonyl (C=O) groups excluding carboxylic acids is 3. The summed E-state index contributed by atoms with van der Waals surface area (Å²) in [5.74, 6) is -0.118. The quantitative estimate of drug-likeness (QED) is 0.684. The molecular weight excluding hydrogens is 458 g/mol. The average Bonchev–Trinajstić information content (AvgIpc) is 2.87. The van der Waals surface area contributed by atoms with Crippen LogP contribution in [0, 0.1) is 5.92 Å². The van der Waals surface area contributed by atoms with Crippen LogP contribution >= 0.6 is 0 Å². The maximum Gasteiger partial charge on any atom is 0.255 e. The third-order valence-corrected chi connectivity index (χ3v) is 6.17. The number of hydrogen-bond donors (Lipinski definition) is 1. The second-order valence-corrected chi connectivity index (χ2v) is 9.77. The molecule has 2 heterocycles. The number of hydrogen-bond acceptors (Lipinski definition) is 5. The van der Waals surface area contributed by atoms with E-state index in [-0.39, 0.29) is 35.7 Å². The maximum atomic E-state index is 13.4. The smallest absolute Gasteiger partial charge is 0.255 e. The largest absolute Gasteiger partial charge is 0.347 e. The number of nitrogens with one attached hydrogen (secondary N) is 1. The molecule has 194 valence electrons. The Kier molecular flexibility index (Phi) is 9.41. The lowest BCUT2D eigenvalue weighted by atomic mass is 10.1. The molecule has 0 unspecified atom stereocenters. The maximum absolute atomic E-state index is 13.4. The molecule has 9 heteroatoms. The Bertz CT molecular complexity index is 1140. The molecule has 1 aliphatic rings. The van der Waals surface area contributed by atoms with Gasteiger partial charge in [0.15, 0.2) is 0 Å². The van der Waals surface area contributed by atoms with Crippen LogP contribution in [0.4, 0.5) is 5.69 Å². The van der Waals surface area contributed by atoms with Gasteiger partial charge in [-0.15, -0.1) is 0 Å². The van der Waals surface area contributed by atoms with Gasteiger partial charge in [0.1, 0.15) is 6.54 Å².